The predicted molar refractivity (Wildman–Crippen MR) is 121 cm³/mol. The number of carbonyl (C=O) groups excluding carboxylic acids is 1. The van der Waals surface area contributed by atoms with E-state index in [1.54, 1.807) is 4.90 Å². The van der Waals surface area contributed by atoms with Crippen molar-refractivity contribution in [2.24, 2.45) is 0 Å². The lowest BCUT2D eigenvalue weighted by atomic mass is 9.87. The summed E-state index contributed by atoms with van der Waals surface area (Å²) in [4.78, 5) is 14.2. The summed E-state index contributed by atoms with van der Waals surface area (Å²) in [5.41, 5.74) is 4.63. The Hall–Kier alpha value is -2.60. The van der Waals surface area contributed by atoms with Crippen molar-refractivity contribution in [3.63, 3.8) is 0 Å². The summed E-state index contributed by atoms with van der Waals surface area (Å²) in [6.45, 7) is 9.25. The van der Waals surface area contributed by atoms with Crippen LogP contribution in [0.25, 0.3) is 11.5 Å². The van der Waals surface area contributed by atoms with Gasteiger partial charge in [0.05, 0.1) is 5.75 Å². The standard InChI is InChI=1S/C24H29N3O2S/c1-6-17-7-9-18(10-8-17)15-27(5)21(28)16-30-23-26-25-22(29-23)19-11-13-20(14-12-19)24(2,3)4/h7-14H,6,15-16H2,1-5H3. The van der Waals surface area contributed by atoms with E-state index in [2.05, 4.69) is 74.3 Å². The summed E-state index contributed by atoms with van der Waals surface area (Å²) in [5.74, 6) is 0.748. The van der Waals surface area contributed by atoms with Crippen LogP contribution in [-0.4, -0.2) is 33.8 Å². The maximum Gasteiger partial charge on any atom is 0.277 e. The minimum atomic E-state index is 0.0221. The first-order valence-corrected chi connectivity index (χ1v) is 11.1. The highest BCUT2D eigenvalue weighted by molar-refractivity contribution is 7.99. The molecule has 0 atom stereocenters. The topological polar surface area (TPSA) is 59.2 Å². The molecule has 30 heavy (non-hydrogen) atoms. The highest BCUT2D eigenvalue weighted by Gasteiger charge is 2.16. The van der Waals surface area contributed by atoms with E-state index in [0.717, 1.165) is 17.5 Å². The molecule has 3 aromatic rings. The van der Waals surface area contributed by atoms with E-state index < -0.39 is 0 Å². The molecule has 6 heteroatoms. The number of hydrogen-bond acceptors (Lipinski definition) is 5. The monoisotopic (exact) mass is 423 g/mol. The van der Waals surface area contributed by atoms with Gasteiger partial charge in [-0.3, -0.25) is 4.79 Å². The molecule has 0 bridgehead atoms. The van der Waals surface area contributed by atoms with Gasteiger partial charge in [-0.2, -0.15) is 0 Å². The van der Waals surface area contributed by atoms with Crippen LogP contribution in [0, 0.1) is 0 Å². The average molecular weight is 424 g/mol. The lowest BCUT2D eigenvalue weighted by molar-refractivity contribution is -0.127. The minimum Gasteiger partial charge on any atom is -0.411 e. The molecule has 0 radical (unpaired) electrons. The van der Waals surface area contributed by atoms with E-state index in [1.807, 2.05) is 19.2 Å². The molecule has 2 aromatic carbocycles. The van der Waals surface area contributed by atoms with Gasteiger partial charge < -0.3 is 9.32 Å². The zero-order chi connectivity index (χ0) is 21.7. The number of rotatable bonds is 7. The van der Waals surface area contributed by atoms with Crippen LogP contribution in [0.1, 0.15) is 44.4 Å². The van der Waals surface area contributed by atoms with Gasteiger partial charge in [0, 0.05) is 19.2 Å². The fourth-order valence-electron chi connectivity index (χ4n) is 2.97. The average Bonchev–Trinajstić information content (AvgIpc) is 3.21. The third kappa shape index (κ3) is 5.72. The first-order chi connectivity index (χ1) is 14.3. The number of aryl methyl sites for hydroxylation is 1. The molecule has 5 nitrogen and oxygen atoms in total. The third-order valence-electron chi connectivity index (χ3n) is 5.00. The van der Waals surface area contributed by atoms with Crippen LogP contribution in [0.5, 0.6) is 0 Å². The number of amides is 1. The molecule has 158 valence electrons. The number of thioether (sulfide) groups is 1. The number of carbonyl (C=O) groups is 1. The maximum atomic E-state index is 12.5. The van der Waals surface area contributed by atoms with Crippen LogP contribution in [-0.2, 0) is 23.2 Å². The number of aromatic nitrogens is 2. The van der Waals surface area contributed by atoms with Gasteiger partial charge in [0.2, 0.25) is 11.8 Å². The first-order valence-electron chi connectivity index (χ1n) is 10.1. The molecular formula is C24H29N3O2S. The smallest absolute Gasteiger partial charge is 0.277 e. The summed E-state index contributed by atoms with van der Waals surface area (Å²) < 4.78 is 5.74. The molecular weight excluding hydrogens is 394 g/mol. The quantitative estimate of drug-likeness (QED) is 0.480. The van der Waals surface area contributed by atoms with E-state index in [1.165, 1.54) is 22.9 Å². The normalized spacial score (nSPS) is 11.5. The molecule has 0 unspecified atom stereocenters. The summed E-state index contributed by atoms with van der Waals surface area (Å²) in [6, 6.07) is 16.5. The van der Waals surface area contributed by atoms with Gasteiger partial charge in [-0.05, 0) is 40.7 Å². The van der Waals surface area contributed by atoms with Crippen molar-refractivity contribution in [2.45, 2.75) is 51.3 Å². The van der Waals surface area contributed by atoms with E-state index in [-0.39, 0.29) is 17.1 Å². The van der Waals surface area contributed by atoms with Gasteiger partial charge in [0.25, 0.3) is 5.22 Å². The molecule has 1 heterocycles. The zero-order valence-corrected chi connectivity index (χ0v) is 19.1. The molecule has 0 aliphatic rings. The van der Waals surface area contributed by atoms with Crippen molar-refractivity contribution in [3.05, 3.63) is 65.2 Å². The van der Waals surface area contributed by atoms with Gasteiger partial charge in [-0.1, -0.05) is 75.9 Å². The Bertz CT molecular complexity index is 973. The number of benzene rings is 2. The molecule has 0 aliphatic heterocycles. The van der Waals surface area contributed by atoms with Crippen molar-refractivity contribution >= 4 is 17.7 Å². The van der Waals surface area contributed by atoms with E-state index in [0.29, 0.717) is 17.7 Å². The Balaban J connectivity index is 1.54. The molecule has 1 aromatic heterocycles. The zero-order valence-electron chi connectivity index (χ0n) is 18.3. The Labute approximate surface area is 182 Å². The molecule has 1 amide bonds. The van der Waals surface area contributed by atoms with Crippen LogP contribution in [0.2, 0.25) is 0 Å². The van der Waals surface area contributed by atoms with Gasteiger partial charge >= 0.3 is 0 Å². The molecule has 0 spiro atoms. The maximum absolute atomic E-state index is 12.5. The fraction of sp³-hybridized carbons (Fsp3) is 0.375. The fourth-order valence-corrected chi connectivity index (χ4v) is 3.68. The highest BCUT2D eigenvalue weighted by atomic mass is 32.2. The van der Waals surface area contributed by atoms with Crippen LogP contribution in [0.4, 0.5) is 0 Å². The third-order valence-corrected chi connectivity index (χ3v) is 5.80. The second-order valence-electron chi connectivity index (χ2n) is 8.41. The predicted octanol–water partition coefficient (Wildman–Crippen LogP) is 5.35. The van der Waals surface area contributed by atoms with Crippen LogP contribution in [0.15, 0.2) is 58.2 Å². The van der Waals surface area contributed by atoms with Gasteiger partial charge in [0.15, 0.2) is 0 Å². The molecule has 0 N–H and O–H groups in total. The Morgan fingerprint density at radius 3 is 2.23 bits per heavy atom. The highest BCUT2D eigenvalue weighted by Crippen LogP contribution is 2.27. The van der Waals surface area contributed by atoms with Crippen molar-refractivity contribution in [2.75, 3.05) is 12.8 Å². The lowest BCUT2D eigenvalue weighted by Crippen LogP contribution is -2.27. The van der Waals surface area contributed by atoms with Gasteiger partial charge in [-0.25, -0.2) is 0 Å². The molecule has 0 saturated carbocycles. The summed E-state index contributed by atoms with van der Waals surface area (Å²) in [6.07, 6.45) is 1.01. The second kappa shape index (κ2) is 9.47. The molecule has 0 saturated heterocycles. The SMILES string of the molecule is CCc1ccc(CN(C)C(=O)CSc2nnc(-c3ccc(C(C)(C)C)cc3)o2)cc1. The van der Waals surface area contributed by atoms with Crippen LogP contribution < -0.4 is 0 Å². The summed E-state index contributed by atoms with van der Waals surface area (Å²) in [5, 5.41) is 8.60. The van der Waals surface area contributed by atoms with Crippen molar-refractivity contribution in [3.8, 4) is 11.5 Å². The van der Waals surface area contributed by atoms with E-state index in [4.69, 9.17) is 4.42 Å². The van der Waals surface area contributed by atoms with Crippen LogP contribution in [0.3, 0.4) is 0 Å². The van der Waals surface area contributed by atoms with Gasteiger partial charge in [-0.15, -0.1) is 10.2 Å². The Morgan fingerprint density at radius 1 is 1.00 bits per heavy atom. The van der Waals surface area contributed by atoms with Crippen LogP contribution >= 0.6 is 11.8 Å². The summed E-state index contributed by atoms with van der Waals surface area (Å²) >= 11 is 1.26. The van der Waals surface area contributed by atoms with Crippen molar-refractivity contribution in [1.82, 2.24) is 15.1 Å². The Kier molecular flexibility index (Phi) is 6.98. The van der Waals surface area contributed by atoms with E-state index >= 15 is 0 Å². The van der Waals surface area contributed by atoms with Crippen molar-refractivity contribution in [1.29, 1.82) is 0 Å². The van der Waals surface area contributed by atoms with Crippen molar-refractivity contribution < 1.29 is 9.21 Å². The van der Waals surface area contributed by atoms with Gasteiger partial charge in [0.1, 0.15) is 0 Å². The largest absolute Gasteiger partial charge is 0.411 e. The minimum absolute atomic E-state index is 0.0221. The second-order valence-corrected chi connectivity index (χ2v) is 9.34. The Morgan fingerprint density at radius 2 is 1.63 bits per heavy atom. The number of hydrogen-bond donors (Lipinski definition) is 0. The molecule has 0 aliphatic carbocycles. The molecule has 0 fully saturated rings. The lowest BCUT2D eigenvalue weighted by Gasteiger charge is -2.18. The molecule has 3 rings (SSSR count). The number of nitrogens with zero attached hydrogens (tertiary/aromatic N) is 3. The van der Waals surface area contributed by atoms with E-state index in [9.17, 15) is 4.79 Å². The summed E-state index contributed by atoms with van der Waals surface area (Å²) in [7, 11) is 1.81. The first kappa shape index (κ1) is 22.1.